The Hall–Kier alpha value is -1.47. The Labute approximate surface area is 260 Å². The van der Waals surface area contributed by atoms with E-state index in [1.54, 1.807) is 30.3 Å². The molecule has 2 aromatic carbocycles. The predicted molar refractivity (Wildman–Crippen MR) is 167 cm³/mol. The van der Waals surface area contributed by atoms with Gasteiger partial charge in [-0.15, -0.1) is 0 Å². The molecule has 0 bridgehead atoms. The maximum Gasteiger partial charge on any atom is 0.240 e. The molecule has 4 rings (SSSR count). The van der Waals surface area contributed by atoms with E-state index in [9.17, 15) is 8.42 Å². The Kier molecular flexibility index (Phi) is 12.3. The van der Waals surface area contributed by atoms with E-state index in [1.807, 2.05) is 6.07 Å². The zero-order valence-electron chi connectivity index (χ0n) is 24.7. The Morgan fingerprint density at radius 3 is 2.50 bits per heavy atom. The molecule has 0 spiro atoms. The molecule has 42 heavy (non-hydrogen) atoms. The Bertz CT molecular complexity index is 1270. The summed E-state index contributed by atoms with van der Waals surface area (Å²) in [6.07, 6.45) is 2.77. The van der Waals surface area contributed by atoms with Gasteiger partial charge in [0.05, 0.1) is 37.4 Å². The van der Waals surface area contributed by atoms with Crippen LogP contribution in [0.4, 0.5) is 0 Å². The number of hydrogen-bond acceptors (Lipinski definition) is 8. The van der Waals surface area contributed by atoms with Gasteiger partial charge in [-0.05, 0) is 88.7 Å². The van der Waals surface area contributed by atoms with Crippen molar-refractivity contribution in [3.63, 3.8) is 0 Å². The summed E-state index contributed by atoms with van der Waals surface area (Å²) >= 11 is 13.1. The van der Waals surface area contributed by atoms with Gasteiger partial charge < -0.3 is 19.9 Å². The first-order chi connectivity index (χ1) is 20.1. The van der Waals surface area contributed by atoms with Gasteiger partial charge in [0.15, 0.2) is 0 Å². The van der Waals surface area contributed by atoms with Gasteiger partial charge in [-0.2, -0.15) is 0 Å². The molecule has 2 aromatic rings. The number of nitrogens with one attached hydrogen (secondary N) is 1. The molecular formula is C30H44Cl2N4O5S. The van der Waals surface area contributed by atoms with Crippen molar-refractivity contribution >= 4 is 33.2 Å². The van der Waals surface area contributed by atoms with Crippen LogP contribution in [0, 0.1) is 0 Å². The minimum atomic E-state index is -3.70. The molecule has 3 atom stereocenters. The molecule has 2 aliphatic rings. The van der Waals surface area contributed by atoms with Gasteiger partial charge in [0.1, 0.15) is 11.9 Å². The number of halogens is 2. The third-order valence-corrected chi connectivity index (χ3v) is 10.2. The van der Waals surface area contributed by atoms with Gasteiger partial charge in [0, 0.05) is 47.3 Å². The second-order valence-corrected chi connectivity index (χ2v) is 13.8. The molecular weight excluding hydrogens is 599 g/mol. The second kappa shape index (κ2) is 15.5. The number of nitrogens with zero attached hydrogens (tertiary/aromatic N) is 2. The van der Waals surface area contributed by atoms with Crippen LogP contribution in [0.25, 0.3) is 0 Å². The van der Waals surface area contributed by atoms with Crippen molar-refractivity contribution in [2.45, 2.75) is 62.2 Å². The third kappa shape index (κ3) is 8.58. The normalized spacial score (nSPS) is 21.3. The molecule has 234 valence electrons. The molecule has 3 N–H and O–H groups in total. The molecule has 0 unspecified atom stereocenters. The zero-order valence-corrected chi connectivity index (χ0v) is 27.1. The Morgan fingerprint density at radius 2 is 1.81 bits per heavy atom. The van der Waals surface area contributed by atoms with Crippen molar-refractivity contribution in [1.82, 2.24) is 14.5 Å². The summed E-state index contributed by atoms with van der Waals surface area (Å²) in [6.45, 7) is 8.51. The van der Waals surface area contributed by atoms with Crippen LogP contribution in [0.2, 0.25) is 10.0 Å². The lowest BCUT2D eigenvalue weighted by Gasteiger charge is -2.43. The number of rotatable bonds is 15. The minimum Gasteiger partial charge on any atom is -0.484 e. The number of sulfonamides is 1. The van der Waals surface area contributed by atoms with E-state index in [1.165, 1.54) is 6.42 Å². The van der Waals surface area contributed by atoms with Crippen LogP contribution >= 0.6 is 23.2 Å². The van der Waals surface area contributed by atoms with Gasteiger partial charge in [-0.3, -0.25) is 9.80 Å². The number of likely N-dealkylation sites (N-methyl/N-ethyl adjacent to an activating group) is 1. The maximum absolute atomic E-state index is 12.8. The molecule has 1 fully saturated rings. The number of nitrogens with two attached hydrogens (primary N) is 1. The van der Waals surface area contributed by atoms with Crippen LogP contribution in [-0.4, -0.2) is 96.0 Å². The van der Waals surface area contributed by atoms with E-state index in [0.717, 1.165) is 37.1 Å². The van der Waals surface area contributed by atoms with Crippen LogP contribution in [0.3, 0.4) is 0 Å². The van der Waals surface area contributed by atoms with Crippen molar-refractivity contribution in [1.29, 1.82) is 0 Å². The van der Waals surface area contributed by atoms with Crippen LogP contribution in [0.15, 0.2) is 41.3 Å². The average molecular weight is 644 g/mol. The molecule has 9 nitrogen and oxygen atoms in total. The molecule has 1 heterocycles. The van der Waals surface area contributed by atoms with Crippen LogP contribution in [-0.2, 0) is 25.9 Å². The van der Waals surface area contributed by atoms with E-state index < -0.39 is 10.0 Å². The molecule has 0 aromatic heterocycles. The van der Waals surface area contributed by atoms with Gasteiger partial charge in [0.2, 0.25) is 10.0 Å². The lowest BCUT2D eigenvalue weighted by atomic mass is 9.99. The first kappa shape index (κ1) is 33.4. The molecule has 1 aliphatic heterocycles. The van der Waals surface area contributed by atoms with E-state index in [4.69, 9.17) is 43.1 Å². The summed E-state index contributed by atoms with van der Waals surface area (Å²) in [5.41, 5.74) is 7.42. The summed E-state index contributed by atoms with van der Waals surface area (Å²) in [5, 5.41) is 1.23. The summed E-state index contributed by atoms with van der Waals surface area (Å²) in [5.74, 6) is 0.585. The van der Waals surface area contributed by atoms with Gasteiger partial charge >= 0.3 is 0 Å². The number of hydrogen-bond donors (Lipinski definition) is 2. The Morgan fingerprint density at radius 1 is 1.10 bits per heavy atom. The quantitative estimate of drug-likeness (QED) is 0.280. The molecule has 0 saturated carbocycles. The minimum absolute atomic E-state index is 0.0881. The maximum atomic E-state index is 12.8. The lowest BCUT2D eigenvalue weighted by Crippen LogP contribution is -2.53. The van der Waals surface area contributed by atoms with Gasteiger partial charge in [0.25, 0.3) is 0 Å². The summed E-state index contributed by atoms with van der Waals surface area (Å²) in [4.78, 5) is 5.13. The highest BCUT2D eigenvalue weighted by Crippen LogP contribution is 2.43. The van der Waals surface area contributed by atoms with Crippen molar-refractivity contribution in [3.05, 3.63) is 57.6 Å². The molecule has 1 aliphatic carbocycles. The standard InChI is InChI=1S/C30H44Cl2N4O5S/c1-21(2)35(3)23-5-4-12-36(20-23)29-19-26-27(17-22(31)18-28(26)32)30(29)41-24-6-8-25(9-7-24)42(37,38)34-11-14-40-16-15-39-13-10-33/h6-9,17-18,21,23,29-30,34H,4-5,10-16,19-20,33H2,1-3H3/t23-,29+,30+/m1/s1. The van der Waals surface area contributed by atoms with Crippen molar-refractivity contribution in [3.8, 4) is 5.75 Å². The van der Waals surface area contributed by atoms with Gasteiger partial charge in [-0.1, -0.05) is 23.2 Å². The highest BCUT2D eigenvalue weighted by atomic mass is 35.5. The monoisotopic (exact) mass is 642 g/mol. The number of fused-ring (bicyclic) bond motifs is 1. The van der Waals surface area contributed by atoms with Crippen LogP contribution in [0.1, 0.15) is 43.9 Å². The zero-order chi connectivity index (χ0) is 30.3. The van der Waals surface area contributed by atoms with Crippen LogP contribution in [0.5, 0.6) is 5.75 Å². The highest BCUT2D eigenvalue weighted by molar-refractivity contribution is 7.89. The number of ether oxygens (including phenoxy) is 3. The van der Waals surface area contributed by atoms with Crippen molar-refractivity contribution < 1.29 is 22.6 Å². The first-order valence-corrected chi connectivity index (χ1v) is 16.9. The average Bonchev–Trinajstić information content (AvgIpc) is 3.32. The van der Waals surface area contributed by atoms with E-state index >= 15 is 0 Å². The fourth-order valence-electron chi connectivity index (χ4n) is 5.70. The van der Waals surface area contributed by atoms with E-state index in [0.29, 0.717) is 54.2 Å². The fraction of sp³-hybridized carbons (Fsp3) is 0.600. The van der Waals surface area contributed by atoms with Crippen LogP contribution < -0.4 is 15.2 Å². The number of likely N-dealkylation sites (tertiary alicyclic amines) is 1. The largest absolute Gasteiger partial charge is 0.484 e. The van der Waals surface area contributed by atoms with Crippen molar-refractivity contribution in [2.24, 2.45) is 5.73 Å². The summed E-state index contributed by atoms with van der Waals surface area (Å²) in [6, 6.07) is 11.3. The number of benzene rings is 2. The van der Waals surface area contributed by atoms with E-state index in [-0.39, 0.29) is 30.2 Å². The summed E-state index contributed by atoms with van der Waals surface area (Å²) < 4.78 is 45.4. The number of piperidine rings is 1. The molecule has 12 heteroatoms. The second-order valence-electron chi connectivity index (χ2n) is 11.2. The first-order valence-electron chi connectivity index (χ1n) is 14.7. The smallest absolute Gasteiger partial charge is 0.240 e. The third-order valence-electron chi connectivity index (χ3n) is 8.12. The van der Waals surface area contributed by atoms with Crippen molar-refractivity contribution in [2.75, 3.05) is 59.7 Å². The topological polar surface area (TPSA) is 106 Å². The highest BCUT2D eigenvalue weighted by Gasteiger charge is 2.41. The predicted octanol–water partition coefficient (Wildman–Crippen LogP) is 4.11. The Balaban J connectivity index is 1.43. The summed E-state index contributed by atoms with van der Waals surface area (Å²) in [7, 11) is -1.50. The fourth-order valence-corrected chi connectivity index (χ4v) is 7.30. The SMILES string of the molecule is CC(C)N(C)[C@@H]1CCCN([C@H]2Cc3c(Cl)cc(Cl)cc3[C@@H]2Oc2ccc(S(=O)(=O)NCCOCCOCCN)cc2)C1. The lowest BCUT2D eigenvalue weighted by molar-refractivity contribution is 0.0265. The van der Waals surface area contributed by atoms with Gasteiger partial charge in [-0.25, -0.2) is 13.1 Å². The molecule has 0 radical (unpaired) electrons. The van der Waals surface area contributed by atoms with E-state index in [2.05, 4.69) is 35.4 Å². The molecule has 1 saturated heterocycles. The molecule has 0 amide bonds.